The van der Waals surface area contributed by atoms with E-state index in [9.17, 15) is 19.5 Å². The van der Waals surface area contributed by atoms with Crippen molar-refractivity contribution < 1.29 is 29.0 Å². The first-order valence-electron chi connectivity index (χ1n) is 19.5. The van der Waals surface area contributed by atoms with E-state index in [2.05, 4.69) is 20.9 Å². The van der Waals surface area contributed by atoms with Gasteiger partial charge in [0.05, 0.1) is 36.8 Å². The Bertz CT molecular complexity index is 1050. The van der Waals surface area contributed by atoms with Gasteiger partial charge < -0.3 is 30.5 Å². The standard InChI is InChI=1S/C38H66N4O6/c1-38(2,3)41-36(45)33-21-27-12-8-9-13-28(27)22-42(33)23-34(43)32(20-25-10-6-5-7-11-25)39-35(44)30-18-19-31(30)40-37(46)48-24-26-14-16-29(47-4)17-15-26/h25-34,43H,5-24H2,1-4H3,(H,39,44)(H,40,46)(H,41,45)/t26?,27-,28+,29?,30?,31?,32-,33-,34+/m0/s1. The minimum Gasteiger partial charge on any atom is -0.449 e. The second kappa shape index (κ2) is 17.3. The molecule has 5 fully saturated rings. The number of aliphatic hydroxyl groups is 1. The number of nitrogens with zero attached hydrogens (tertiary/aromatic N) is 1. The average molecular weight is 675 g/mol. The van der Waals surface area contributed by atoms with Gasteiger partial charge in [-0.1, -0.05) is 51.4 Å². The highest BCUT2D eigenvalue weighted by Gasteiger charge is 2.43. The van der Waals surface area contributed by atoms with Crippen molar-refractivity contribution in [2.45, 2.75) is 166 Å². The van der Waals surface area contributed by atoms with Crippen LogP contribution in [0, 0.1) is 29.6 Å². The van der Waals surface area contributed by atoms with E-state index in [1.54, 1.807) is 7.11 Å². The predicted molar refractivity (Wildman–Crippen MR) is 186 cm³/mol. The summed E-state index contributed by atoms with van der Waals surface area (Å²) < 4.78 is 11.0. The highest BCUT2D eigenvalue weighted by atomic mass is 16.5. The number of aliphatic hydroxyl groups excluding tert-OH is 1. The fraction of sp³-hybridized carbons (Fsp3) is 0.921. The first-order valence-corrected chi connectivity index (χ1v) is 19.5. The summed E-state index contributed by atoms with van der Waals surface area (Å²) in [5, 5.41) is 21.3. The van der Waals surface area contributed by atoms with E-state index in [0.717, 1.165) is 64.3 Å². The zero-order chi connectivity index (χ0) is 34.3. The van der Waals surface area contributed by atoms with Crippen molar-refractivity contribution in [2.24, 2.45) is 29.6 Å². The van der Waals surface area contributed by atoms with Gasteiger partial charge in [0.25, 0.3) is 0 Å². The molecule has 0 aromatic rings. The van der Waals surface area contributed by atoms with Gasteiger partial charge in [0, 0.05) is 31.8 Å². The number of carbonyl (C=O) groups is 3. The first-order chi connectivity index (χ1) is 23.0. The molecule has 4 saturated carbocycles. The Balaban J connectivity index is 1.19. The van der Waals surface area contributed by atoms with Crippen molar-refractivity contribution in [3.63, 3.8) is 0 Å². The van der Waals surface area contributed by atoms with Crippen LogP contribution in [0.15, 0.2) is 0 Å². The molecule has 4 N–H and O–H groups in total. The number of carbonyl (C=O) groups excluding carboxylic acids is 3. The number of ether oxygens (including phenoxy) is 2. The SMILES string of the molecule is COC1CCC(COC(=O)NC2CCC2C(=O)N[C@@H](CC2CCCCC2)[C@H](O)CN2C[C@H]3CCCC[C@H]3C[C@H]2C(=O)NC(C)(C)C)CC1. The van der Waals surface area contributed by atoms with Gasteiger partial charge in [-0.3, -0.25) is 14.5 Å². The summed E-state index contributed by atoms with van der Waals surface area (Å²) in [6.07, 6.45) is 16.8. The van der Waals surface area contributed by atoms with E-state index in [1.807, 2.05) is 20.8 Å². The second-order valence-electron chi connectivity index (χ2n) is 17.1. The van der Waals surface area contributed by atoms with Crippen molar-refractivity contribution in [1.29, 1.82) is 0 Å². The third-order valence-electron chi connectivity index (χ3n) is 12.3. The highest BCUT2D eigenvalue weighted by molar-refractivity contribution is 5.83. The van der Waals surface area contributed by atoms with Gasteiger partial charge in [-0.2, -0.15) is 0 Å². The summed E-state index contributed by atoms with van der Waals surface area (Å²) in [4.78, 5) is 42.3. The van der Waals surface area contributed by atoms with Crippen LogP contribution in [-0.4, -0.2) is 90.6 Å². The average Bonchev–Trinajstić information content (AvgIpc) is 3.05. The van der Waals surface area contributed by atoms with E-state index in [0.29, 0.717) is 49.3 Å². The van der Waals surface area contributed by atoms with E-state index in [-0.39, 0.29) is 35.4 Å². The molecule has 7 atom stereocenters. The number of alkyl carbamates (subject to hydrolysis) is 1. The Morgan fingerprint density at radius 2 is 1.52 bits per heavy atom. The molecule has 274 valence electrons. The van der Waals surface area contributed by atoms with Gasteiger partial charge in [-0.05, 0) is 102 Å². The van der Waals surface area contributed by atoms with Gasteiger partial charge in [-0.15, -0.1) is 0 Å². The molecule has 3 amide bonds. The molecule has 48 heavy (non-hydrogen) atoms. The predicted octanol–water partition coefficient (Wildman–Crippen LogP) is 5.31. The molecule has 2 unspecified atom stereocenters. The number of fused-ring (bicyclic) bond motifs is 1. The fourth-order valence-corrected chi connectivity index (χ4v) is 9.29. The maximum absolute atomic E-state index is 13.7. The Kier molecular flexibility index (Phi) is 13.5. The Hall–Kier alpha value is -1.91. The number of amides is 3. The number of methoxy groups -OCH3 is 1. The zero-order valence-electron chi connectivity index (χ0n) is 30.4. The van der Waals surface area contributed by atoms with Crippen LogP contribution >= 0.6 is 0 Å². The van der Waals surface area contributed by atoms with Gasteiger partial charge in [-0.25, -0.2) is 4.79 Å². The van der Waals surface area contributed by atoms with E-state index < -0.39 is 18.2 Å². The lowest BCUT2D eigenvalue weighted by atomic mass is 9.72. The van der Waals surface area contributed by atoms with Gasteiger partial charge in [0.15, 0.2) is 0 Å². The van der Waals surface area contributed by atoms with Crippen LogP contribution in [0.1, 0.15) is 130 Å². The number of piperidine rings is 1. The molecule has 0 spiro atoms. The normalized spacial score (nSPS) is 33.0. The number of rotatable bonds is 12. The highest BCUT2D eigenvalue weighted by Crippen LogP contribution is 2.39. The Morgan fingerprint density at radius 1 is 0.833 bits per heavy atom. The van der Waals surface area contributed by atoms with Gasteiger partial charge in [0.2, 0.25) is 11.8 Å². The van der Waals surface area contributed by atoms with E-state index in [4.69, 9.17) is 9.47 Å². The lowest BCUT2D eigenvalue weighted by Gasteiger charge is -2.47. The number of hydrogen-bond donors (Lipinski definition) is 4. The molecule has 1 aliphatic heterocycles. The third-order valence-corrected chi connectivity index (χ3v) is 12.3. The largest absolute Gasteiger partial charge is 0.449 e. The monoisotopic (exact) mass is 674 g/mol. The Labute approximate surface area is 289 Å². The number of likely N-dealkylation sites (tertiary alicyclic amines) is 1. The smallest absolute Gasteiger partial charge is 0.407 e. The molecular formula is C38H66N4O6. The lowest BCUT2D eigenvalue weighted by molar-refractivity contribution is -0.134. The van der Waals surface area contributed by atoms with Crippen LogP contribution in [0.5, 0.6) is 0 Å². The summed E-state index contributed by atoms with van der Waals surface area (Å²) in [5.74, 6) is 1.54. The zero-order valence-corrected chi connectivity index (χ0v) is 30.4. The van der Waals surface area contributed by atoms with Crippen LogP contribution in [0.2, 0.25) is 0 Å². The summed E-state index contributed by atoms with van der Waals surface area (Å²) in [6.45, 7) is 7.63. The molecule has 10 heteroatoms. The molecule has 10 nitrogen and oxygen atoms in total. The van der Waals surface area contributed by atoms with Crippen LogP contribution in [0.3, 0.4) is 0 Å². The molecular weight excluding hydrogens is 608 g/mol. The number of β-amino-alcohol motifs (C(OH)–C–C–N with tert-alkyl or cyclic N) is 1. The van der Waals surface area contributed by atoms with Crippen molar-refractivity contribution in [1.82, 2.24) is 20.9 Å². The molecule has 0 radical (unpaired) electrons. The van der Waals surface area contributed by atoms with Crippen molar-refractivity contribution in [3.8, 4) is 0 Å². The molecule has 5 aliphatic rings. The van der Waals surface area contributed by atoms with Crippen LogP contribution in [0.4, 0.5) is 4.79 Å². The molecule has 0 aromatic carbocycles. The molecule has 5 rings (SSSR count). The van der Waals surface area contributed by atoms with Crippen LogP contribution < -0.4 is 16.0 Å². The lowest BCUT2D eigenvalue weighted by Crippen LogP contribution is -2.61. The summed E-state index contributed by atoms with van der Waals surface area (Å²) >= 11 is 0. The molecule has 1 heterocycles. The second-order valence-corrected chi connectivity index (χ2v) is 17.1. The first kappa shape index (κ1) is 37.3. The molecule has 4 aliphatic carbocycles. The van der Waals surface area contributed by atoms with Crippen molar-refractivity contribution in [2.75, 3.05) is 26.8 Å². The topological polar surface area (TPSA) is 129 Å². The summed E-state index contributed by atoms with van der Waals surface area (Å²) in [5.41, 5.74) is -0.328. The van der Waals surface area contributed by atoms with Gasteiger partial charge >= 0.3 is 6.09 Å². The Morgan fingerprint density at radius 3 is 2.17 bits per heavy atom. The maximum Gasteiger partial charge on any atom is 0.407 e. The summed E-state index contributed by atoms with van der Waals surface area (Å²) in [6, 6.07) is -0.929. The minimum atomic E-state index is -0.786. The minimum absolute atomic E-state index is 0.0458. The van der Waals surface area contributed by atoms with E-state index >= 15 is 0 Å². The fourth-order valence-electron chi connectivity index (χ4n) is 9.29. The van der Waals surface area contributed by atoms with Crippen LogP contribution in [-0.2, 0) is 19.1 Å². The maximum atomic E-state index is 13.7. The quantitative estimate of drug-likeness (QED) is 0.221. The van der Waals surface area contributed by atoms with E-state index in [1.165, 1.54) is 44.9 Å². The number of nitrogens with one attached hydrogen (secondary N) is 3. The molecule has 0 bridgehead atoms. The van der Waals surface area contributed by atoms with Gasteiger partial charge in [0.1, 0.15) is 0 Å². The number of hydrogen-bond acceptors (Lipinski definition) is 7. The molecule has 1 saturated heterocycles. The van der Waals surface area contributed by atoms with Crippen LogP contribution in [0.25, 0.3) is 0 Å². The summed E-state index contributed by atoms with van der Waals surface area (Å²) in [7, 11) is 1.75. The molecule has 0 aromatic heterocycles. The van der Waals surface area contributed by atoms with Crippen molar-refractivity contribution in [3.05, 3.63) is 0 Å². The third kappa shape index (κ3) is 10.5. The van der Waals surface area contributed by atoms with Crippen molar-refractivity contribution >= 4 is 17.9 Å².